The Morgan fingerprint density at radius 2 is 2.00 bits per heavy atom. The average Bonchev–Trinajstić information content (AvgIpc) is 2.47. The Hall–Kier alpha value is -0.430. The fourth-order valence-corrected chi connectivity index (χ4v) is 5.42. The predicted octanol–water partition coefficient (Wildman–Crippen LogP) is 3.11. The standard InChI is InChI=1S/C15H23BrN2O2S/c1-2-3-12-6-8-18(9-7-12)21(19,20)15-5-4-13(11-17)10-14(15)16/h4-5,10,12H,2-3,6-9,11,17H2,1H3. The Bertz CT molecular complexity index is 581. The van der Waals surface area contributed by atoms with Gasteiger partial charge in [-0.15, -0.1) is 0 Å². The highest BCUT2D eigenvalue weighted by molar-refractivity contribution is 9.10. The molecule has 0 saturated carbocycles. The van der Waals surface area contributed by atoms with Crippen molar-refractivity contribution in [2.75, 3.05) is 13.1 Å². The van der Waals surface area contributed by atoms with Crippen molar-refractivity contribution in [3.05, 3.63) is 28.2 Å². The van der Waals surface area contributed by atoms with Crippen LogP contribution in [-0.2, 0) is 16.6 Å². The molecule has 1 saturated heterocycles. The monoisotopic (exact) mass is 374 g/mol. The molecule has 0 aromatic heterocycles. The van der Waals surface area contributed by atoms with Crippen molar-refractivity contribution in [3.63, 3.8) is 0 Å². The van der Waals surface area contributed by atoms with E-state index in [1.165, 1.54) is 12.8 Å². The molecule has 4 nitrogen and oxygen atoms in total. The van der Waals surface area contributed by atoms with Crippen molar-refractivity contribution in [1.29, 1.82) is 0 Å². The first-order chi connectivity index (χ1) is 9.98. The molecule has 0 bridgehead atoms. The first-order valence-corrected chi connectivity index (χ1v) is 9.71. The van der Waals surface area contributed by atoms with Gasteiger partial charge in [0.2, 0.25) is 10.0 Å². The van der Waals surface area contributed by atoms with E-state index in [1.807, 2.05) is 0 Å². The lowest BCUT2D eigenvalue weighted by Gasteiger charge is -2.31. The summed E-state index contributed by atoms with van der Waals surface area (Å²) >= 11 is 3.37. The second kappa shape index (κ2) is 7.22. The zero-order valence-corrected chi connectivity index (χ0v) is 14.8. The van der Waals surface area contributed by atoms with E-state index in [0.717, 1.165) is 18.4 Å². The van der Waals surface area contributed by atoms with E-state index in [-0.39, 0.29) is 0 Å². The third kappa shape index (κ3) is 3.86. The molecule has 118 valence electrons. The third-order valence-corrected chi connectivity index (χ3v) is 7.00. The van der Waals surface area contributed by atoms with Gasteiger partial charge in [-0.3, -0.25) is 0 Å². The first kappa shape index (κ1) is 16.9. The molecule has 21 heavy (non-hydrogen) atoms. The molecule has 1 heterocycles. The lowest BCUT2D eigenvalue weighted by Crippen LogP contribution is -2.38. The van der Waals surface area contributed by atoms with Gasteiger partial charge in [0.05, 0.1) is 4.90 Å². The Labute approximate surface area is 135 Å². The Balaban J connectivity index is 2.16. The molecule has 0 aliphatic carbocycles. The molecular weight excluding hydrogens is 352 g/mol. The van der Waals surface area contributed by atoms with E-state index in [1.54, 1.807) is 22.5 Å². The Morgan fingerprint density at radius 1 is 1.33 bits per heavy atom. The van der Waals surface area contributed by atoms with E-state index < -0.39 is 10.0 Å². The summed E-state index contributed by atoms with van der Waals surface area (Å²) in [4.78, 5) is 0.341. The minimum atomic E-state index is -3.41. The van der Waals surface area contributed by atoms with Crippen LogP contribution in [-0.4, -0.2) is 25.8 Å². The molecule has 2 rings (SSSR count). The molecule has 0 unspecified atom stereocenters. The van der Waals surface area contributed by atoms with Crippen molar-refractivity contribution >= 4 is 26.0 Å². The van der Waals surface area contributed by atoms with Gasteiger partial charge in [-0.25, -0.2) is 8.42 Å². The van der Waals surface area contributed by atoms with Crippen LogP contribution < -0.4 is 5.73 Å². The van der Waals surface area contributed by atoms with Crippen molar-refractivity contribution < 1.29 is 8.42 Å². The molecule has 6 heteroatoms. The summed E-state index contributed by atoms with van der Waals surface area (Å²) in [6.07, 6.45) is 4.30. The number of nitrogens with two attached hydrogens (primary N) is 1. The molecule has 0 radical (unpaired) electrons. The van der Waals surface area contributed by atoms with Crippen molar-refractivity contribution in [2.24, 2.45) is 11.7 Å². The van der Waals surface area contributed by atoms with Crippen LogP contribution in [0.3, 0.4) is 0 Å². The van der Waals surface area contributed by atoms with Crippen LogP contribution in [0.4, 0.5) is 0 Å². The van der Waals surface area contributed by atoms with Crippen molar-refractivity contribution in [1.82, 2.24) is 4.31 Å². The highest BCUT2D eigenvalue weighted by Crippen LogP contribution is 2.30. The number of nitrogens with zero attached hydrogens (tertiary/aromatic N) is 1. The number of hydrogen-bond acceptors (Lipinski definition) is 3. The summed E-state index contributed by atoms with van der Waals surface area (Å²) in [5.41, 5.74) is 6.50. The number of sulfonamides is 1. The number of halogens is 1. The molecule has 1 aliphatic heterocycles. The van der Waals surface area contributed by atoms with Crippen LogP contribution in [0, 0.1) is 5.92 Å². The molecule has 0 amide bonds. The zero-order chi connectivity index (χ0) is 15.5. The minimum Gasteiger partial charge on any atom is -0.326 e. The second-order valence-electron chi connectivity index (χ2n) is 5.61. The average molecular weight is 375 g/mol. The van der Waals surface area contributed by atoms with E-state index in [0.29, 0.717) is 34.9 Å². The summed E-state index contributed by atoms with van der Waals surface area (Å²) in [6, 6.07) is 5.22. The number of piperidine rings is 1. The van der Waals surface area contributed by atoms with Crippen LogP contribution in [0.15, 0.2) is 27.6 Å². The molecule has 1 aliphatic rings. The number of rotatable bonds is 5. The Kier molecular flexibility index (Phi) is 5.82. The van der Waals surface area contributed by atoms with E-state index in [2.05, 4.69) is 22.9 Å². The van der Waals surface area contributed by atoms with E-state index in [9.17, 15) is 8.42 Å². The predicted molar refractivity (Wildman–Crippen MR) is 88.4 cm³/mol. The van der Waals surface area contributed by atoms with Gasteiger partial charge in [0.25, 0.3) is 0 Å². The fourth-order valence-electron chi connectivity index (χ4n) is 2.87. The van der Waals surface area contributed by atoms with Gasteiger partial charge in [0, 0.05) is 24.1 Å². The number of benzene rings is 1. The Morgan fingerprint density at radius 3 is 2.52 bits per heavy atom. The summed E-state index contributed by atoms with van der Waals surface area (Å²) in [5, 5.41) is 0. The van der Waals surface area contributed by atoms with Crippen molar-refractivity contribution in [2.45, 2.75) is 44.0 Å². The maximum atomic E-state index is 12.7. The fraction of sp³-hybridized carbons (Fsp3) is 0.600. The normalized spacial score (nSPS) is 18.0. The smallest absolute Gasteiger partial charge is 0.244 e. The summed E-state index contributed by atoms with van der Waals surface area (Å²) < 4.78 is 27.7. The summed E-state index contributed by atoms with van der Waals surface area (Å²) in [7, 11) is -3.41. The van der Waals surface area contributed by atoms with Crippen molar-refractivity contribution in [3.8, 4) is 0 Å². The van der Waals surface area contributed by atoms with Crippen LogP contribution >= 0.6 is 15.9 Å². The minimum absolute atomic E-state index is 0.341. The van der Waals surface area contributed by atoms with Gasteiger partial charge in [-0.05, 0) is 52.4 Å². The van der Waals surface area contributed by atoms with E-state index >= 15 is 0 Å². The van der Waals surface area contributed by atoms with Crippen LogP contribution in [0.25, 0.3) is 0 Å². The largest absolute Gasteiger partial charge is 0.326 e. The summed E-state index contributed by atoms with van der Waals surface area (Å²) in [5.74, 6) is 0.671. The zero-order valence-electron chi connectivity index (χ0n) is 12.4. The van der Waals surface area contributed by atoms with Gasteiger partial charge in [-0.1, -0.05) is 25.8 Å². The van der Waals surface area contributed by atoms with Gasteiger partial charge < -0.3 is 5.73 Å². The first-order valence-electron chi connectivity index (χ1n) is 7.47. The maximum absolute atomic E-state index is 12.7. The highest BCUT2D eigenvalue weighted by atomic mass is 79.9. The molecular formula is C15H23BrN2O2S. The highest BCUT2D eigenvalue weighted by Gasteiger charge is 2.30. The van der Waals surface area contributed by atoms with Crippen LogP contribution in [0.1, 0.15) is 38.2 Å². The topological polar surface area (TPSA) is 63.4 Å². The SMILES string of the molecule is CCCC1CCN(S(=O)(=O)c2ccc(CN)cc2Br)CC1. The van der Waals surface area contributed by atoms with Gasteiger partial charge in [0.1, 0.15) is 0 Å². The lowest BCUT2D eigenvalue weighted by atomic mass is 9.94. The maximum Gasteiger partial charge on any atom is 0.244 e. The molecule has 1 aromatic carbocycles. The molecule has 1 fully saturated rings. The second-order valence-corrected chi connectivity index (χ2v) is 8.37. The molecule has 2 N–H and O–H groups in total. The van der Waals surface area contributed by atoms with Crippen LogP contribution in [0.5, 0.6) is 0 Å². The molecule has 0 atom stereocenters. The van der Waals surface area contributed by atoms with Gasteiger partial charge >= 0.3 is 0 Å². The molecule has 1 aromatic rings. The van der Waals surface area contributed by atoms with E-state index in [4.69, 9.17) is 5.73 Å². The molecule has 0 spiro atoms. The van der Waals surface area contributed by atoms with Crippen LogP contribution in [0.2, 0.25) is 0 Å². The summed E-state index contributed by atoms with van der Waals surface area (Å²) in [6.45, 7) is 3.83. The number of hydrogen-bond donors (Lipinski definition) is 1. The van der Waals surface area contributed by atoms with Gasteiger partial charge in [-0.2, -0.15) is 4.31 Å². The third-order valence-electron chi connectivity index (χ3n) is 4.12. The quantitative estimate of drug-likeness (QED) is 0.860. The van der Waals surface area contributed by atoms with Gasteiger partial charge in [0.15, 0.2) is 0 Å². The lowest BCUT2D eigenvalue weighted by molar-refractivity contribution is 0.262.